The standard InChI is InChI=1S/C23H20N4O3/c1-2-27-23(30)19-13-6-5-12-18(19)21(26-27)22(29)25-24-20(28)14-16-10-7-9-15-8-3-4-11-17(15)16/h3-13H,2,14H2,1H3,(H,24,28)(H,25,29). The van der Waals surface area contributed by atoms with Gasteiger partial charge in [0.25, 0.3) is 11.5 Å². The zero-order valence-corrected chi connectivity index (χ0v) is 16.4. The lowest BCUT2D eigenvalue weighted by Crippen LogP contribution is -2.43. The van der Waals surface area contributed by atoms with Gasteiger partial charge in [0, 0.05) is 11.9 Å². The van der Waals surface area contributed by atoms with Crippen molar-refractivity contribution in [1.82, 2.24) is 20.6 Å². The monoisotopic (exact) mass is 400 g/mol. The van der Waals surface area contributed by atoms with Gasteiger partial charge in [0.05, 0.1) is 11.8 Å². The molecular weight excluding hydrogens is 380 g/mol. The number of amides is 2. The van der Waals surface area contributed by atoms with Crippen LogP contribution in [0.25, 0.3) is 21.5 Å². The fraction of sp³-hybridized carbons (Fsp3) is 0.130. The highest BCUT2D eigenvalue weighted by Gasteiger charge is 2.17. The first-order chi connectivity index (χ1) is 14.6. The molecule has 0 radical (unpaired) electrons. The SMILES string of the molecule is CCn1nc(C(=O)NNC(=O)Cc2cccc3ccccc23)c2ccccc2c1=O. The van der Waals surface area contributed by atoms with Gasteiger partial charge in [-0.25, -0.2) is 4.68 Å². The summed E-state index contributed by atoms with van der Waals surface area (Å²) in [5.41, 5.74) is 5.54. The van der Waals surface area contributed by atoms with Gasteiger partial charge >= 0.3 is 0 Å². The first kappa shape index (κ1) is 19.3. The van der Waals surface area contributed by atoms with Gasteiger partial charge < -0.3 is 0 Å². The average molecular weight is 400 g/mol. The number of aryl methyl sites for hydroxylation is 1. The predicted molar refractivity (Wildman–Crippen MR) is 115 cm³/mol. The summed E-state index contributed by atoms with van der Waals surface area (Å²) in [7, 11) is 0. The Hall–Kier alpha value is -4.00. The van der Waals surface area contributed by atoms with E-state index >= 15 is 0 Å². The molecule has 4 rings (SSSR count). The Kier molecular flexibility index (Phi) is 5.26. The number of nitrogens with one attached hydrogen (secondary N) is 2. The molecule has 0 aliphatic carbocycles. The van der Waals surface area contributed by atoms with E-state index in [1.807, 2.05) is 42.5 Å². The van der Waals surface area contributed by atoms with Crippen LogP contribution in [0.5, 0.6) is 0 Å². The molecule has 0 bridgehead atoms. The number of rotatable bonds is 4. The van der Waals surface area contributed by atoms with Crippen LogP contribution in [0.4, 0.5) is 0 Å². The smallest absolute Gasteiger partial charge is 0.273 e. The lowest BCUT2D eigenvalue weighted by atomic mass is 10.0. The molecule has 0 aliphatic heterocycles. The molecule has 2 amide bonds. The van der Waals surface area contributed by atoms with Gasteiger partial charge in [-0.2, -0.15) is 5.10 Å². The summed E-state index contributed by atoms with van der Waals surface area (Å²) in [6, 6.07) is 20.4. The van der Waals surface area contributed by atoms with Gasteiger partial charge in [-0.15, -0.1) is 0 Å². The van der Waals surface area contributed by atoms with Crippen molar-refractivity contribution in [2.24, 2.45) is 0 Å². The minimum atomic E-state index is -0.584. The van der Waals surface area contributed by atoms with E-state index in [1.54, 1.807) is 31.2 Å². The third-order valence-electron chi connectivity index (χ3n) is 4.93. The van der Waals surface area contributed by atoms with E-state index in [1.165, 1.54) is 4.68 Å². The Morgan fingerprint density at radius 1 is 0.867 bits per heavy atom. The van der Waals surface area contributed by atoms with E-state index in [4.69, 9.17) is 0 Å². The summed E-state index contributed by atoms with van der Waals surface area (Å²) in [5, 5.41) is 7.04. The van der Waals surface area contributed by atoms with Gasteiger partial charge in [-0.1, -0.05) is 60.7 Å². The van der Waals surface area contributed by atoms with Crippen LogP contribution in [0, 0.1) is 0 Å². The van der Waals surface area contributed by atoms with Crippen molar-refractivity contribution in [3.63, 3.8) is 0 Å². The highest BCUT2D eigenvalue weighted by molar-refractivity contribution is 6.05. The topological polar surface area (TPSA) is 93.1 Å². The van der Waals surface area contributed by atoms with Crippen LogP contribution in [-0.2, 0) is 17.8 Å². The summed E-state index contributed by atoms with van der Waals surface area (Å²) < 4.78 is 1.23. The molecule has 150 valence electrons. The summed E-state index contributed by atoms with van der Waals surface area (Å²) in [6.07, 6.45) is 0.115. The molecule has 0 saturated heterocycles. The van der Waals surface area contributed by atoms with Crippen LogP contribution in [0.2, 0.25) is 0 Å². The van der Waals surface area contributed by atoms with Crippen LogP contribution in [0.3, 0.4) is 0 Å². The lowest BCUT2D eigenvalue weighted by molar-refractivity contribution is -0.121. The number of carbonyl (C=O) groups is 2. The molecule has 7 nitrogen and oxygen atoms in total. The van der Waals surface area contributed by atoms with Crippen LogP contribution >= 0.6 is 0 Å². The molecule has 7 heteroatoms. The Labute approximate surface area is 172 Å². The molecule has 30 heavy (non-hydrogen) atoms. The Morgan fingerprint density at radius 2 is 1.53 bits per heavy atom. The number of aromatic nitrogens is 2. The fourth-order valence-electron chi connectivity index (χ4n) is 3.47. The van der Waals surface area contributed by atoms with E-state index in [0.717, 1.165) is 16.3 Å². The second-order valence-electron chi connectivity index (χ2n) is 6.83. The molecule has 0 atom stereocenters. The van der Waals surface area contributed by atoms with Crippen molar-refractivity contribution in [3.8, 4) is 0 Å². The largest absolute Gasteiger partial charge is 0.290 e. The first-order valence-electron chi connectivity index (χ1n) is 9.64. The highest BCUT2D eigenvalue weighted by Crippen LogP contribution is 2.19. The van der Waals surface area contributed by atoms with Crippen molar-refractivity contribution in [2.75, 3.05) is 0 Å². The summed E-state index contributed by atoms with van der Waals surface area (Å²) in [4.78, 5) is 37.5. The number of hydrogen-bond donors (Lipinski definition) is 2. The normalized spacial score (nSPS) is 10.8. The molecule has 0 fully saturated rings. The number of benzene rings is 3. The van der Waals surface area contributed by atoms with Gasteiger partial charge in [0.2, 0.25) is 5.91 Å². The molecular formula is C23H20N4O3. The van der Waals surface area contributed by atoms with E-state index in [2.05, 4.69) is 16.0 Å². The van der Waals surface area contributed by atoms with Crippen LogP contribution in [0.15, 0.2) is 71.5 Å². The van der Waals surface area contributed by atoms with E-state index in [0.29, 0.717) is 17.3 Å². The number of nitrogens with zero attached hydrogens (tertiary/aromatic N) is 2. The van der Waals surface area contributed by atoms with E-state index < -0.39 is 5.91 Å². The molecule has 3 aromatic carbocycles. The molecule has 1 aromatic heterocycles. The van der Waals surface area contributed by atoms with Crippen molar-refractivity contribution >= 4 is 33.4 Å². The van der Waals surface area contributed by atoms with Crippen LogP contribution in [0.1, 0.15) is 23.0 Å². The second-order valence-corrected chi connectivity index (χ2v) is 6.83. The number of carbonyl (C=O) groups excluding carboxylic acids is 2. The third-order valence-corrected chi connectivity index (χ3v) is 4.93. The minimum absolute atomic E-state index is 0.0810. The maximum absolute atomic E-state index is 12.7. The Bertz CT molecular complexity index is 1320. The van der Waals surface area contributed by atoms with Gasteiger partial charge in [-0.3, -0.25) is 25.2 Å². The summed E-state index contributed by atoms with van der Waals surface area (Å²) in [6.45, 7) is 2.11. The first-order valence-corrected chi connectivity index (χ1v) is 9.64. The van der Waals surface area contributed by atoms with E-state index in [-0.39, 0.29) is 23.6 Å². The Morgan fingerprint density at radius 3 is 2.30 bits per heavy atom. The third kappa shape index (κ3) is 3.65. The second kappa shape index (κ2) is 8.16. The number of fused-ring (bicyclic) bond motifs is 2. The Balaban J connectivity index is 1.53. The molecule has 1 heterocycles. The van der Waals surface area contributed by atoms with Crippen LogP contribution < -0.4 is 16.4 Å². The predicted octanol–water partition coefficient (Wildman–Crippen LogP) is 2.57. The molecule has 4 aromatic rings. The maximum atomic E-state index is 12.7. The maximum Gasteiger partial charge on any atom is 0.290 e. The van der Waals surface area contributed by atoms with Gasteiger partial charge in [0.1, 0.15) is 0 Å². The minimum Gasteiger partial charge on any atom is -0.273 e. The molecule has 0 unspecified atom stereocenters. The summed E-state index contributed by atoms with van der Waals surface area (Å²) in [5.74, 6) is -0.938. The average Bonchev–Trinajstić information content (AvgIpc) is 2.78. The molecule has 0 saturated carbocycles. The highest BCUT2D eigenvalue weighted by atomic mass is 16.2. The van der Waals surface area contributed by atoms with Crippen LogP contribution in [-0.4, -0.2) is 21.6 Å². The molecule has 2 N–H and O–H groups in total. The molecule has 0 spiro atoms. The lowest BCUT2D eigenvalue weighted by Gasteiger charge is -2.11. The quantitative estimate of drug-likeness (QED) is 0.515. The zero-order valence-electron chi connectivity index (χ0n) is 16.4. The fourth-order valence-corrected chi connectivity index (χ4v) is 3.47. The van der Waals surface area contributed by atoms with Gasteiger partial charge in [0.15, 0.2) is 5.69 Å². The molecule has 0 aliphatic rings. The number of hydrazine groups is 1. The summed E-state index contributed by atoms with van der Waals surface area (Å²) >= 11 is 0. The zero-order chi connectivity index (χ0) is 21.1. The van der Waals surface area contributed by atoms with Crippen molar-refractivity contribution in [1.29, 1.82) is 0 Å². The van der Waals surface area contributed by atoms with Crippen molar-refractivity contribution in [3.05, 3.63) is 88.3 Å². The number of hydrogen-bond acceptors (Lipinski definition) is 4. The van der Waals surface area contributed by atoms with Crippen molar-refractivity contribution < 1.29 is 9.59 Å². The van der Waals surface area contributed by atoms with E-state index in [9.17, 15) is 14.4 Å². The van der Waals surface area contributed by atoms with Gasteiger partial charge in [-0.05, 0) is 29.3 Å². The van der Waals surface area contributed by atoms with Crippen molar-refractivity contribution in [2.45, 2.75) is 19.9 Å².